The maximum Gasteiger partial charge on any atom is 0.267 e. The fraction of sp³-hybridized carbons (Fsp3) is 0.0417. The summed E-state index contributed by atoms with van der Waals surface area (Å²) in [5.74, 6) is -0.552. The fourth-order valence-electron chi connectivity index (χ4n) is 3.24. The van der Waals surface area contributed by atoms with Crippen LogP contribution in [0, 0.1) is 0 Å². The molecule has 29 heavy (non-hydrogen) atoms. The van der Waals surface area contributed by atoms with Gasteiger partial charge in [-0.25, -0.2) is 5.48 Å². The van der Waals surface area contributed by atoms with Gasteiger partial charge in [-0.15, -0.1) is 0 Å². The standard InChI is InChI=1S/C24H21N3O2/c28-24(27-29)14-13-17-9-11-18(12-10-17)16-25-22-8-4-2-6-20(22)23-15-19-5-1-3-7-21(19)26-23/h1-15,25-26,29H,16H2,(H,27,28)/b14-13+. The summed E-state index contributed by atoms with van der Waals surface area (Å²) in [5.41, 5.74) is 7.97. The Morgan fingerprint density at radius 1 is 0.966 bits per heavy atom. The molecule has 144 valence electrons. The molecule has 0 bridgehead atoms. The molecule has 0 aliphatic rings. The Balaban J connectivity index is 1.49. The molecule has 0 unspecified atom stereocenters. The van der Waals surface area contributed by atoms with Crippen LogP contribution in [0.2, 0.25) is 0 Å². The molecule has 4 rings (SSSR count). The molecule has 5 heteroatoms. The summed E-state index contributed by atoms with van der Waals surface area (Å²) in [4.78, 5) is 14.5. The molecule has 0 saturated heterocycles. The molecule has 0 fully saturated rings. The van der Waals surface area contributed by atoms with E-state index in [2.05, 4.69) is 40.6 Å². The van der Waals surface area contributed by atoms with Gasteiger partial charge in [0.05, 0.1) is 0 Å². The number of anilines is 1. The number of carbonyl (C=O) groups is 1. The molecule has 4 N–H and O–H groups in total. The predicted octanol–water partition coefficient (Wildman–Crippen LogP) is 4.97. The number of para-hydroxylation sites is 2. The van der Waals surface area contributed by atoms with Crippen molar-refractivity contribution in [3.05, 3.63) is 96.1 Å². The molecule has 1 aromatic heterocycles. The molecule has 0 radical (unpaired) electrons. The normalized spacial score (nSPS) is 11.1. The average molecular weight is 383 g/mol. The van der Waals surface area contributed by atoms with Gasteiger partial charge in [-0.05, 0) is 35.4 Å². The Labute approximate surface area is 168 Å². The van der Waals surface area contributed by atoms with Crippen LogP contribution in [0.4, 0.5) is 5.69 Å². The van der Waals surface area contributed by atoms with Crippen molar-refractivity contribution in [1.82, 2.24) is 10.5 Å². The van der Waals surface area contributed by atoms with E-state index < -0.39 is 5.91 Å². The second-order valence-corrected chi connectivity index (χ2v) is 6.72. The average Bonchev–Trinajstić information content (AvgIpc) is 3.21. The van der Waals surface area contributed by atoms with Crippen molar-refractivity contribution in [1.29, 1.82) is 0 Å². The number of nitrogens with one attached hydrogen (secondary N) is 3. The molecule has 1 heterocycles. The zero-order valence-corrected chi connectivity index (χ0v) is 15.7. The van der Waals surface area contributed by atoms with E-state index in [1.807, 2.05) is 48.5 Å². The number of aromatic nitrogens is 1. The molecule has 0 atom stereocenters. The third kappa shape index (κ3) is 4.36. The second-order valence-electron chi connectivity index (χ2n) is 6.72. The van der Waals surface area contributed by atoms with Crippen LogP contribution >= 0.6 is 0 Å². The summed E-state index contributed by atoms with van der Waals surface area (Å²) in [6.07, 6.45) is 2.93. The van der Waals surface area contributed by atoms with E-state index in [9.17, 15) is 4.79 Å². The van der Waals surface area contributed by atoms with Crippen molar-refractivity contribution in [2.24, 2.45) is 0 Å². The van der Waals surface area contributed by atoms with Crippen molar-refractivity contribution in [3.8, 4) is 11.3 Å². The number of hydroxylamine groups is 1. The SMILES string of the molecule is O=C(/C=C/c1ccc(CNc2ccccc2-c2cc3ccccc3[nH]2)cc1)NO. The number of amides is 1. The smallest absolute Gasteiger partial charge is 0.267 e. The Hall–Kier alpha value is -3.83. The van der Waals surface area contributed by atoms with Crippen molar-refractivity contribution in [3.63, 3.8) is 0 Å². The van der Waals surface area contributed by atoms with E-state index in [0.29, 0.717) is 6.54 Å². The van der Waals surface area contributed by atoms with Gasteiger partial charge in [0.2, 0.25) is 0 Å². The van der Waals surface area contributed by atoms with Gasteiger partial charge in [-0.3, -0.25) is 10.0 Å². The summed E-state index contributed by atoms with van der Waals surface area (Å²) in [7, 11) is 0. The van der Waals surface area contributed by atoms with E-state index in [1.54, 1.807) is 11.6 Å². The highest BCUT2D eigenvalue weighted by Gasteiger charge is 2.07. The van der Waals surface area contributed by atoms with Gasteiger partial charge in [0, 0.05) is 40.5 Å². The maximum absolute atomic E-state index is 11.1. The van der Waals surface area contributed by atoms with Gasteiger partial charge in [-0.2, -0.15) is 0 Å². The van der Waals surface area contributed by atoms with Crippen molar-refractivity contribution in [2.45, 2.75) is 6.54 Å². The summed E-state index contributed by atoms with van der Waals surface area (Å²) >= 11 is 0. The summed E-state index contributed by atoms with van der Waals surface area (Å²) in [6, 6.07) is 26.5. The molecule has 1 amide bonds. The van der Waals surface area contributed by atoms with E-state index in [-0.39, 0.29) is 0 Å². The minimum Gasteiger partial charge on any atom is -0.380 e. The number of fused-ring (bicyclic) bond motifs is 1. The van der Waals surface area contributed by atoms with Gasteiger partial charge in [0.15, 0.2) is 0 Å². The first-order valence-electron chi connectivity index (χ1n) is 9.35. The number of carbonyl (C=O) groups excluding carboxylic acids is 1. The van der Waals surface area contributed by atoms with E-state index in [1.165, 1.54) is 11.5 Å². The topological polar surface area (TPSA) is 77.2 Å². The molecule has 0 aliphatic carbocycles. The second kappa shape index (κ2) is 8.46. The Kier molecular flexibility index (Phi) is 5.40. The molecule has 3 aromatic carbocycles. The summed E-state index contributed by atoms with van der Waals surface area (Å²) in [6.45, 7) is 0.679. The monoisotopic (exact) mass is 383 g/mol. The summed E-state index contributed by atoms with van der Waals surface area (Å²) in [5, 5.41) is 13.2. The van der Waals surface area contributed by atoms with Crippen LogP contribution in [-0.4, -0.2) is 16.1 Å². The first-order valence-corrected chi connectivity index (χ1v) is 9.35. The van der Waals surface area contributed by atoms with Crippen molar-refractivity contribution < 1.29 is 10.0 Å². The molecule has 0 saturated carbocycles. The first kappa shape index (κ1) is 18.5. The van der Waals surface area contributed by atoms with E-state index >= 15 is 0 Å². The lowest BCUT2D eigenvalue weighted by Gasteiger charge is -2.11. The van der Waals surface area contributed by atoms with Gasteiger partial charge in [-0.1, -0.05) is 60.7 Å². The third-order valence-electron chi connectivity index (χ3n) is 4.75. The molecule has 0 aliphatic heterocycles. The highest BCUT2D eigenvalue weighted by Crippen LogP contribution is 2.30. The van der Waals surface area contributed by atoms with Gasteiger partial charge < -0.3 is 10.3 Å². The van der Waals surface area contributed by atoms with E-state index in [0.717, 1.165) is 33.6 Å². The van der Waals surface area contributed by atoms with Crippen LogP contribution in [0.25, 0.3) is 28.2 Å². The Bertz CT molecular complexity index is 1130. The number of hydrogen-bond acceptors (Lipinski definition) is 3. The molecule has 4 aromatic rings. The lowest BCUT2D eigenvalue weighted by molar-refractivity contribution is -0.124. The number of hydrogen-bond donors (Lipinski definition) is 4. The highest BCUT2D eigenvalue weighted by atomic mass is 16.5. The zero-order chi connectivity index (χ0) is 20.1. The van der Waals surface area contributed by atoms with E-state index in [4.69, 9.17) is 5.21 Å². The number of rotatable bonds is 6. The zero-order valence-electron chi connectivity index (χ0n) is 15.7. The van der Waals surface area contributed by atoms with Crippen LogP contribution in [0.5, 0.6) is 0 Å². The quantitative estimate of drug-likeness (QED) is 0.216. The minimum absolute atomic E-state index is 0.552. The van der Waals surface area contributed by atoms with Crippen LogP contribution in [-0.2, 0) is 11.3 Å². The Morgan fingerprint density at radius 2 is 1.72 bits per heavy atom. The maximum atomic E-state index is 11.1. The fourth-order valence-corrected chi connectivity index (χ4v) is 3.24. The molecule has 0 spiro atoms. The Morgan fingerprint density at radius 3 is 2.52 bits per heavy atom. The van der Waals surface area contributed by atoms with Crippen LogP contribution in [0.15, 0.2) is 84.9 Å². The number of H-pyrrole nitrogens is 1. The summed E-state index contributed by atoms with van der Waals surface area (Å²) < 4.78 is 0. The predicted molar refractivity (Wildman–Crippen MR) is 116 cm³/mol. The number of benzene rings is 3. The lowest BCUT2D eigenvalue weighted by atomic mass is 10.1. The van der Waals surface area contributed by atoms with Gasteiger partial charge in [0.1, 0.15) is 0 Å². The van der Waals surface area contributed by atoms with Gasteiger partial charge in [0.25, 0.3) is 5.91 Å². The molecular weight excluding hydrogens is 362 g/mol. The van der Waals surface area contributed by atoms with Crippen LogP contribution in [0.1, 0.15) is 11.1 Å². The largest absolute Gasteiger partial charge is 0.380 e. The van der Waals surface area contributed by atoms with Crippen molar-refractivity contribution in [2.75, 3.05) is 5.32 Å². The number of aromatic amines is 1. The van der Waals surface area contributed by atoms with Crippen molar-refractivity contribution >= 4 is 28.6 Å². The lowest BCUT2D eigenvalue weighted by Crippen LogP contribution is -2.14. The van der Waals surface area contributed by atoms with Crippen LogP contribution in [0.3, 0.4) is 0 Å². The minimum atomic E-state index is -0.552. The highest BCUT2D eigenvalue weighted by molar-refractivity contribution is 5.91. The van der Waals surface area contributed by atoms with Gasteiger partial charge >= 0.3 is 0 Å². The van der Waals surface area contributed by atoms with Crippen LogP contribution < -0.4 is 10.8 Å². The molecular formula is C24H21N3O2. The molecule has 5 nitrogen and oxygen atoms in total. The third-order valence-corrected chi connectivity index (χ3v) is 4.75. The first-order chi connectivity index (χ1) is 14.2.